The summed E-state index contributed by atoms with van der Waals surface area (Å²) in [5.74, 6) is -0.853. The number of nitrogens with one attached hydrogen (secondary N) is 1. The minimum Gasteiger partial charge on any atom is -0.459 e. The van der Waals surface area contributed by atoms with Gasteiger partial charge in [0.05, 0.1) is 11.8 Å². The number of nitrogens with zero attached hydrogens (tertiary/aromatic N) is 2. The van der Waals surface area contributed by atoms with Gasteiger partial charge in [0, 0.05) is 12.3 Å². The molecule has 0 aliphatic heterocycles. The third-order valence-electron chi connectivity index (χ3n) is 3.04. The molecule has 0 aliphatic carbocycles. The first-order valence-electron chi connectivity index (χ1n) is 7.41. The van der Waals surface area contributed by atoms with Crippen LogP contribution in [0.15, 0.2) is 23.1 Å². The average Bonchev–Trinajstić information content (AvgIpc) is 2.82. The second-order valence-corrected chi connectivity index (χ2v) is 6.61. The Labute approximate surface area is 143 Å². The van der Waals surface area contributed by atoms with Crippen molar-refractivity contribution in [1.82, 2.24) is 9.55 Å². The van der Waals surface area contributed by atoms with Gasteiger partial charge in [0.25, 0.3) is 5.56 Å². The summed E-state index contributed by atoms with van der Waals surface area (Å²) in [6.45, 7) is 6.88. The number of hydrogen-bond donors (Lipinski definition) is 1. The van der Waals surface area contributed by atoms with Crippen LogP contribution in [0.4, 0.5) is 5.13 Å². The zero-order chi connectivity index (χ0) is 17.9. The molecule has 2 aromatic rings. The van der Waals surface area contributed by atoms with Crippen molar-refractivity contribution in [3.8, 4) is 0 Å². The molecule has 2 aromatic heterocycles. The molecule has 0 radical (unpaired) electrons. The molecule has 0 aliphatic rings. The summed E-state index contributed by atoms with van der Waals surface area (Å²) in [5.41, 5.74) is 1.08. The molecule has 0 atom stereocenters. The summed E-state index contributed by atoms with van der Waals surface area (Å²) in [5, 5.41) is 2.90. The summed E-state index contributed by atoms with van der Waals surface area (Å²) in [7, 11) is 0. The number of esters is 1. The van der Waals surface area contributed by atoms with Crippen molar-refractivity contribution in [2.24, 2.45) is 0 Å². The van der Waals surface area contributed by atoms with Gasteiger partial charge in [0.15, 0.2) is 5.13 Å². The Balaban J connectivity index is 2.07. The number of thiazole rings is 1. The molecule has 0 spiro atoms. The molecule has 1 amide bonds. The fourth-order valence-electron chi connectivity index (χ4n) is 1.96. The standard InChI is InChI=1S/C16H19N3O4S/c1-9(2)23-15(22)14-11(4)17-16(24-14)18-12(20)8-19-6-5-10(3)7-13(19)21/h5-7,9H,8H2,1-4H3,(H,17,18,20). The second kappa shape index (κ2) is 7.39. The zero-order valence-corrected chi connectivity index (χ0v) is 14.8. The Bertz CT molecular complexity index is 823. The molecule has 1 N–H and O–H groups in total. The Morgan fingerprint density at radius 3 is 2.71 bits per heavy atom. The Morgan fingerprint density at radius 1 is 1.38 bits per heavy atom. The highest BCUT2D eigenvalue weighted by atomic mass is 32.1. The van der Waals surface area contributed by atoms with Crippen molar-refractivity contribution in [3.05, 3.63) is 44.8 Å². The first-order chi connectivity index (χ1) is 11.3. The number of aryl methyl sites for hydroxylation is 2. The van der Waals surface area contributed by atoms with Crippen LogP contribution in [-0.4, -0.2) is 27.5 Å². The van der Waals surface area contributed by atoms with Crippen LogP contribution in [-0.2, 0) is 16.1 Å². The van der Waals surface area contributed by atoms with E-state index >= 15 is 0 Å². The topological polar surface area (TPSA) is 90.3 Å². The minimum atomic E-state index is -0.463. The second-order valence-electron chi connectivity index (χ2n) is 5.61. The summed E-state index contributed by atoms with van der Waals surface area (Å²) < 4.78 is 6.43. The molecule has 8 heteroatoms. The van der Waals surface area contributed by atoms with E-state index < -0.39 is 11.9 Å². The minimum absolute atomic E-state index is 0.122. The highest BCUT2D eigenvalue weighted by Crippen LogP contribution is 2.23. The van der Waals surface area contributed by atoms with Crippen LogP contribution < -0.4 is 10.9 Å². The predicted octanol–water partition coefficient (Wildman–Crippen LogP) is 2.13. The molecular weight excluding hydrogens is 330 g/mol. The molecule has 128 valence electrons. The van der Waals surface area contributed by atoms with Crippen molar-refractivity contribution >= 4 is 28.3 Å². The maximum atomic E-state index is 12.1. The fraction of sp³-hybridized carbons (Fsp3) is 0.375. The molecule has 2 rings (SSSR count). The van der Waals surface area contributed by atoms with Gasteiger partial charge in [-0.15, -0.1) is 0 Å². The Kier molecular flexibility index (Phi) is 5.50. The number of ether oxygens (including phenoxy) is 1. The van der Waals surface area contributed by atoms with Crippen molar-refractivity contribution in [2.75, 3.05) is 5.32 Å². The number of aromatic nitrogens is 2. The number of hydrogen-bond acceptors (Lipinski definition) is 6. The van der Waals surface area contributed by atoms with Crippen LogP contribution in [0.1, 0.15) is 34.8 Å². The van der Waals surface area contributed by atoms with E-state index in [-0.39, 0.29) is 18.2 Å². The first kappa shape index (κ1) is 17.9. The average molecular weight is 349 g/mol. The largest absolute Gasteiger partial charge is 0.459 e. The molecule has 24 heavy (non-hydrogen) atoms. The smallest absolute Gasteiger partial charge is 0.350 e. The Hall–Kier alpha value is -2.48. The van der Waals surface area contributed by atoms with Crippen molar-refractivity contribution < 1.29 is 14.3 Å². The number of pyridine rings is 1. The van der Waals surface area contributed by atoms with Gasteiger partial charge in [-0.25, -0.2) is 9.78 Å². The van der Waals surface area contributed by atoms with E-state index in [2.05, 4.69) is 10.3 Å². The van der Waals surface area contributed by atoms with Gasteiger partial charge in [-0.2, -0.15) is 0 Å². The predicted molar refractivity (Wildman–Crippen MR) is 91.5 cm³/mol. The molecule has 0 saturated carbocycles. The number of rotatable bonds is 5. The number of carbonyl (C=O) groups is 2. The highest BCUT2D eigenvalue weighted by molar-refractivity contribution is 7.17. The van der Waals surface area contributed by atoms with E-state index in [9.17, 15) is 14.4 Å². The van der Waals surface area contributed by atoms with Crippen LogP contribution >= 0.6 is 11.3 Å². The zero-order valence-electron chi connectivity index (χ0n) is 14.0. The molecule has 0 fully saturated rings. The summed E-state index contributed by atoms with van der Waals surface area (Å²) >= 11 is 1.05. The fourth-order valence-corrected chi connectivity index (χ4v) is 2.82. The van der Waals surface area contributed by atoms with E-state index in [0.717, 1.165) is 16.9 Å². The van der Waals surface area contributed by atoms with Crippen LogP contribution in [0.3, 0.4) is 0 Å². The lowest BCUT2D eigenvalue weighted by Gasteiger charge is -2.06. The lowest BCUT2D eigenvalue weighted by molar-refractivity contribution is -0.116. The highest BCUT2D eigenvalue weighted by Gasteiger charge is 2.19. The van der Waals surface area contributed by atoms with Gasteiger partial charge in [-0.05, 0) is 39.3 Å². The number of anilines is 1. The summed E-state index contributed by atoms with van der Waals surface area (Å²) in [6.07, 6.45) is 1.33. The van der Waals surface area contributed by atoms with Crippen LogP contribution in [0.25, 0.3) is 0 Å². The maximum absolute atomic E-state index is 12.1. The number of amides is 1. The lowest BCUT2D eigenvalue weighted by Crippen LogP contribution is -2.26. The Morgan fingerprint density at radius 2 is 2.08 bits per heavy atom. The normalized spacial score (nSPS) is 10.7. The van der Waals surface area contributed by atoms with Gasteiger partial charge >= 0.3 is 5.97 Å². The van der Waals surface area contributed by atoms with Gasteiger partial charge in [-0.1, -0.05) is 11.3 Å². The lowest BCUT2D eigenvalue weighted by atomic mass is 10.3. The third-order valence-corrected chi connectivity index (χ3v) is 4.09. The van der Waals surface area contributed by atoms with Crippen LogP contribution in [0, 0.1) is 13.8 Å². The van der Waals surface area contributed by atoms with Crippen molar-refractivity contribution in [2.45, 2.75) is 40.3 Å². The van der Waals surface area contributed by atoms with E-state index in [0.29, 0.717) is 15.7 Å². The molecule has 0 unspecified atom stereocenters. The molecular formula is C16H19N3O4S. The first-order valence-corrected chi connectivity index (χ1v) is 8.23. The van der Waals surface area contributed by atoms with E-state index in [1.807, 2.05) is 6.92 Å². The van der Waals surface area contributed by atoms with Crippen molar-refractivity contribution in [3.63, 3.8) is 0 Å². The van der Waals surface area contributed by atoms with Crippen molar-refractivity contribution in [1.29, 1.82) is 0 Å². The van der Waals surface area contributed by atoms with Gasteiger partial charge in [0.1, 0.15) is 11.4 Å². The third kappa shape index (κ3) is 4.51. The maximum Gasteiger partial charge on any atom is 0.350 e. The molecule has 0 saturated heterocycles. The molecule has 0 aromatic carbocycles. The van der Waals surface area contributed by atoms with Crippen LogP contribution in [0.5, 0.6) is 0 Å². The molecule has 2 heterocycles. The van der Waals surface area contributed by atoms with Gasteiger partial charge in [0.2, 0.25) is 5.91 Å². The summed E-state index contributed by atoms with van der Waals surface area (Å²) in [4.78, 5) is 40.3. The SMILES string of the molecule is Cc1ccn(CC(=O)Nc2nc(C)c(C(=O)OC(C)C)s2)c(=O)c1. The number of carbonyl (C=O) groups excluding carboxylic acids is 2. The summed E-state index contributed by atoms with van der Waals surface area (Å²) in [6, 6.07) is 3.21. The van der Waals surface area contributed by atoms with Crippen LogP contribution in [0.2, 0.25) is 0 Å². The molecule has 0 bridgehead atoms. The van der Waals surface area contributed by atoms with E-state index in [1.54, 1.807) is 33.0 Å². The monoisotopic (exact) mass is 349 g/mol. The van der Waals surface area contributed by atoms with E-state index in [1.165, 1.54) is 10.6 Å². The molecule has 7 nitrogen and oxygen atoms in total. The quantitative estimate of drug-likeness (QED) is 0.835. The van der Waals surface area contributed by atoms with Gasteiger partial charge < -0.3 is 14.6 Å². The van der Waals surface area contributed by atoms with E-state index in [4.69, 9.17) is 4.74 Å². The van der Waals surface area contributed by atoms with Gasteiger partial charge in [-0.3, -0.25) is 9.59 Å².